The molecule has 0 saturated carbocycles. The molecule has 0 aliphatic heterocycles. The Hall–Kier alpha value is -0.980. The highest BCUT2D eigenvalue weighted by atomic mass is 16.5. The normalized spacial score (nSPS) is 13.0. The van der Waals surface area contributed by atoms with Crippen LogP contribution in [0.15, 0.2) is 6.20 Å². The third-order valence-electron chi connectivity index (χ3n) is 1.87. The van der Waals surface area contributed by atoms with Crippen LogP contribution in [0.4, 0.5) is 0 Å². The van der Waals surface area contributed by atoms with Gasteiger partial charge in [0.1, 0.15) is 0 Å². The van der Waals surface area contributed by atoms with Crippen LogP contribution < -0.4 is 0 Å². The molecule has 0 aromatic carbocycles. The van der Waals surface area contributed by atoms with Gasteiger partial charge >= 0.3 is 0 Å². The minimum Gasteiger partial charge on any atom is -0.396 e. The average molecular weight is 215 g/mol. The number of ether oxygens (including phenoxy) is 1. The van der Waals surface area contributed by atoms with Crippen LogP contribution in [0.1, 0.15) is 12.6 Å². The van der Waals surface area contributed by atoms with E-state index in [1.165, 1.54) is 0 Å². The Balaban J connectivity index is 2.35. The molecular weight excluding hydrogens is 198 g/mol. The standard InChI is InChI=1S/C9H17N3O3/c1-2-15-7-9(14)6-12-5-8(3-4-13)10-11-12/h5,9,13-14H,2-4,6-7H2,1H3. The molecule has 1 aromatic heterocycles. The van der Waals surface area contributed by atoms with Gasteiger partial charge in [0.15, 0.2) is 0 Å². The summed E-state index contributed by atoms with van der Waals surface area (Å²) in [6.45, 7) is 3.18. The van der Waals surface area contributed by atoms with Crippen LogP contribution in [0.25, 0.3) is 0 Å². The van der Waals surface area contributed by atoms with E-state index in [0.717, 1.165) is 5.69 Å². The predicted molar refractivity (Wildman–Crippen MR) is 53.3 cm³/mol. The summed E-state index contributed by atoms with van der Waals surface area (Å²) in [4.78, 5) is 0. The molecule has 0 saturated heterocycles. The Morgan fingerprint density at radius 2 is 2.40 bits per heavy atom. The van der Waals surface area contributed by atoms with Gasteiger partial charge < -0.3 is 14.9 Å². The molecule has 1 aromatic rings. The maximum absolute atomic E-state index is 9.51. The van der Waals surface area contributed by atoms with Gasteiger partial charge in [-0.15, -0.1) is 5.10 Å². The zero-order valence-electron chi connectivity index (χ0n) is 8.83. The van der Waals surface area contributed by atoms with Gasteiger partial charge in [-0.1, -0.05) is 5.21 Å². The lowest BCUT2D eigenvalue weighted by molar-refractivity contribution is 0.0313. The van der Waals surface area contributed by atoms with Crippen molar-refractivity contribution in [3.8, 4) is 0 Å². The van der Waals surface area contributed by atoms with Crippen molar-refractivity contribution in [2.45, 2.75) is 26.0 Å². The van der Waals surface area contributed by atoms with Gasteiger partial charge in [-0.3, -0.25) is 0 Å². The van der Waals surface area contributed by atoms with Gasteiger partial charge in [-0.2, -0.15) is 0 Å². The van der Waals surface area contributed by atoms with Crippen molar-refractivity contribution in [3.63, 3.8) is 0 Å². The Morgan fingerprint density at radius 3 is 3.07 bits per heavy atom. The smallest absolute Gasteiger partial charge is 0.0969 e. The summed E-state index contributed by atoms with van der Waals surface area (Å²) >= 11 is 0. The molecule has 0 aliphatic rings. The van der Waals surface area contributed by atoms with E-state index in [1.807, 2.05) is 6.92 Å². The summed E-state index contributed by atoms with van der Waals surface area (Å²) in [5, 5.41) is 25.9. The van der Waals surface area contributed by atoms with Crippen LogP contribution in [0, 0.1) is 0 Å². The maximum atomic E-state index is 9.51. The van der Waals surface area contributed by atoms with E-state index >= 15 is 0 Å². The first-order chi connectivity index (χ1) is 7.26. The van der Waals surface area contributed by atoms with Crippen LogP contribution >= 0.6 is 0 Å². The van der Waals surface area contributed by atoms with Crippen LogP contribution in [-0.2, 0) is 17.7 Å². The average Bonchev–Trinajstić information content (AvgIpc) is 2.63. The molecule has 0 spiro atoms. The summed E-state index contributed by atoms with van der Waals surface area (Å²) in [7, 11) is 0. The predicted octanol–water partition coefficient (Wildman–Crippen LogP) is -0.790. The van der Waals surface area contributed by atoms with E-state index in [1.54, 1.807) is 10.9 Å². The summed E-state index contributed by atoms with van der Waals surface area (Å²) in [6.07, 6.45) is 1.63. The van der Waals surface area contributed by atoms with Gasteiger partial charge in [0.25, 0.3) is 0 Å². The lowest BCUT2D eigenvalue weighted by Crippen LogP contribution is -2.22. The molecule has 6 heteroatoms. The lowest BCUT2D eigenvalue weighted by atomic mass is 10.3. The molecule has 6 nitrogen and oxygen atoms in total. The maximum Gasteiger partial charge on any atom is 0.0969 e. The first-order valence-electron chi connectivity index (χ1n) is 5.02. The Kier molecular flexibility index (Phi) is 5.23. The molecule has 86 valence electrons. The van der Waals surface area contributed by atoms with Gasteiger partial charge in [0.2, 0.25) is 0 Å². The van der Waals surface area contributed by atoms with Crippen molar-refractivity contribution in [2.24, 2.45) is 0 Å². The quantitative estimate of drug-likeness (QED) is 0.623. The van der Waals surface area contributed by atoms with Crippen molar-refractivity contribution < 1.29 is 14.9 Å². The molecule has 0 fully saturated rings. The van der Waals surface area contributed by atoms with E-state index in [2.05, 4.69) is 10.3 Å². The first kappa shape index (κ1) is 12.1. The van der Waals surface area contributed by atoms with E-state index < -0.39 is 6.10 Å². The molecule has 2 N–H and O–H groups in total. The van der Waals surface area contributed by atoms with E-state index in [4.69, 9.17) is 9.84 Å². The number of aliphatic hydroxyl groups excluding tert-OH is 2. The topological polar surface area (TPSA) is 80.4 Å². The van der Waals surface area contributed by atoms with E-state index in [9.17, 15) is 5.11 Å². The second-order valence-corrected chi connectivity index (χ2v) is 3.22. The van der Waals surface area contributed by atoms with E-state index in [0.29, 0.717) is 26.2 Å². The summed E-state index contributed by atoms with van der Waals surface area (Å²) < 4.78 is 6.62. The van der Waals surface area contributed by atoms with Crippen LogP contribution in [0.2, 0.25) is 0 Å². The lowest BCUT2D eigenvalue weighted by Gasteiger charge is -2.09. The molecule has 1 unspecified atom stereocenters. The molecule has 1 atom stereocenters. The van der Waals surface area contributed by atoms with Crippen LogP contribution in [-0.4, -0.2) is 51.1 Å². The molecule has 0 bridgehead atoms. The molecule has 0 radical (unpaired) electrons. The van der Waals surface area contributed by atoms with Gasteiger partial charge in [-0.25, -0.2) is 4.68 Å². The van der Waals surface area contributed by atoms with Crippen molar-refractivity contribution in [1.29, 1.82) is 0 Å². The second kappa shape index (κ2) is 6.49. The fourth-order valence-corrected chi connectivity index (χ4v) is 1.18. The Morgan fingerprint density at radius 1 is 1.60 bits per heavy atom. The molecule has 15 heavy (non-hydrogen) atoms. The third-order valence-corrected chi connectivity index (χ3v) is 1.87. The molecule has 1 rings (SSSR count). The first-order valence-corrected chi connectivity index (χ1v) is 5.02. The Bertz CT molecular complexity index is 277. The zero-order chi connectivity index (χ0) is 11.1. The van der Waals surface area contributed by atoms with Gasteiger partial charge in [0, 0.05) is 25.8 Å². The highest BCUT2D eigenvalue weighted by Crippen LogP contribution is 1.96. The van der Waals surface area contributed by atoms with Crippen LogP contribution in [0.3, 0.4) is 0 Å². The minimum atomic E-state index is -0.575. The highest BCUT2D eigenvalue weighted by Gasteiger charge is 2.07. The molecule has 0 amide bonds. The van der Waals surface area contributed by atoms with Crippen molar-refractivity contribution in [2.75, 3.05) is 19.8 Å². The fraction of sp³-hybridized carbons (Fsp3) is 0.778. The molecular formula is C9H17N3O3. The Labute approximate surface area is 88.5 Å². The number of aromatic nitrogens is 3. The zero-order valence-corrected chi connectivity index (χ0v) is 8.83. The molecule has 0 aliphatic carbocycles. The minimum absolute atomic E-state index is 0.0557. The van der Waals surface area contributed by atoms with Crippen LogP contribution in [0.5, 0.6) is 0 Å². The monoisotopic (exact) mass is 215 g/mol. The number of hydrogen-bond donors (Lipinski definition) is 2. The fourth-order valence-electron chi connectivity index (χ4n) is 1.18. The number of nitrogens with zero attached hydrogens (tertiary/aromatic N) is 3. The summed E-state index contributed by atoms with van der Waals surface area (Å²) in [6, 6.07) is 0. The highest BCUT2D eigenvalue weighted by molar-refractivity contribution is 4.92. The number of hydrogen-bond acceptors (Lipinski definition) is 5. The van der Waals surface area contributed by atoms with Crippen molar-refractivity contribution >= 4 is 0 Å². The third kappa shape index (κ3) is 4.37. The number of rotatable bonds is 7. The van der Waals surface area contributed by atoms with Crippen molar-refractivity contribution in [1.82, 2.24) is 15.0 Å². The largest absolute Gasteiger partial charge is 0.396 e. The van der Waals surface area contributed by atoms with E-state index in [-0.39, 0.29) is 6.61 Å². The number of aliphatic hydroxyl groups is 2. The summed E-state index contributed by atoms with van der Waals surface area (Å²) in [5.41, 5.74) is 0.723. The molecule has 1 heterocycles. The van der Waals surface area contributed by atoms with Crippen molar-refractivity contribution in [3.05, 3.63) is 11.9 Å². The second-order valence-electron chi connectivity index (χ2n) is 3.22. The summed E-state index contributed by atoms with van der Waals surface area (Å²) in [5.74, 6) is 0. The van der Waals surface area contributed by atoms with Gasteiger partial charge in [0.05, 0.1) is 24.9 Å². The van der Waals surface area contributed by atoms with Gasteiger partial charge in [-0.05, 0) is 6.92 Å². The SMILES string of the molecule is CCOCC(O)Cn1cc(CCO)nn1.